The minimum absolute atomic E-state index is 0.0333. The van der Waals surface area contributed by atoms with E-state index in [0.717, 1.165) is 56.3 Å². The summed E-state index contributed by atoms with van der Waals surface area (Å²) in [7, 11) is 0. The molecule has 0 radical (unpaired) electrons. The summed E-state index contributed by atoms with van der Waals surface area (Å²) in [5, 5.41) is 3.11. The molecule has 2 heterocycles. The zero-order valence-corrected chi connectivity index (χ0v) is 15.4. The number of carbonyl (C=O) groups excluding carboxylic acids is 2. The normalized spacial score (nSPS) is 19.5. The molecule has 3 rings (SSSR count). The zero-order valence-electron chi connectivity index (χ0n) is 13.8. The fourth-order valence-corrected chi connectivity index (χ4v) is 3.87. The van der Waals surface area contributed by atoms with Crippen molar-refractivity contribution in [3.05, 3.63) is 34.3 Å². The minimum Gasteiger partial charge on any atom is -0.349 e. The van der Waals surface area contributed by atoms with Gasteiger partial charge in [-0.3, -0.25) is 14.5 Å². The smallest absolute Gasteiger partial charge is 0.252 e. The molecule has 2 saturated heterocycles. The van der Waals surface area contributed by atoms with E-state index in [4.69, 9.17) is 0 Å². The zero-order chi connectivity index (χ0) is 16.9. The molecule has 2 aliphatic rings. The van der Waals surface area contributed by atoms with Gasteiger partial charge in [0.1, 0.15) is 0 Å². The first kappa shape index (κ1) is 17.4. The van der Waals surface area contributed by atoms with Gasteiger partial charge in [0.05, 0.1) is 12.1 Å². The van der Waals surface area contributed by atoms with Gasteiger partial charge in [-0.25, -0.2) is 0 Å². The number of nitrogens with one attached hydrogen (secondary N) is 1. The topological polar surface area (TPSA) is 52.7 Å². The van der Waals surface area contributed by atoms with Crippen LogP contribution >= 0.6 is 15.9 Å². The van der Waals surface area contributed by atoms with Gasteiger partial charge in [-0.1, -0.05) is 12.1 Å². The summed E-state index contributed by atoms with van der Waals surface area (Å²) < 4.78 is 0.816. The molecule has 0 aromatic heterocycles. The molecule has 2 fully saturated rings. The number of likely N-dealkylation sites (tertiary alicyclic amines) is 2. The molecule has 130 valence electrons. The van der Waals surface area contributed by atoms with Gasteiger partial charge in [-0.15, -0.1) is 0 Å². The van der Waals surface area contributed by atoms with Crippen LogP contribution in [0.15, 0.2) is 28.7 Å². The van der Waals surface area contributed by atoms with Crippen LogP contribution in [0.1, 0.15) is 36.0 Å². The summed E-state index contributed by atoms with van der Waals surface area (Å²) in [6.07, 6.45) is 4.05. The van der Waals surface area contributed by atoms with E-state index < -0.39 is 0 Å². The average Bonchev–Trinajstić information content (AvgIpc) is 3.11. The van der Waals surface area contributed by atoms with Crippen molar-refractivity contribution < 1.29 is 9.59 Å². The van der Waals surface area contributed by atoms with E-state index in [9.17, 15) is 9.59 Å². The molecule has 24 heavy (non-hydrogen) atoms. The van der Waals surface area contributed by atoms with E-state index in [1.54, 1.807) is 0 Å². The van der Waals surface area contributed by atoms with E-state index in [2.05, 4.69) is 26.1 Å². The number of carbonyl (C=O) groups is 2. The Morgan fingerprint density at radius 1 is 1.08 bits per heavy atom. The van der Waals surface area contributed by atoms with Gasteiger partial charge in [-0.05, 0) is 53.7 Å². The first-order valence-corrected chi connectivity index (χ1v) is 9.48. The molecule has 0 bridgehead atoms. The highest BCUT2D eigenvalue weighted by Crippen LogP contribution is 2.17. The van der Waals surface area contributed by atoms with Crippen LogP contribution in [0.3, 0.4) is 0 Å². The Morgan fingerprint density at radius 2 is 1.75 bits per heavy atom. The van der Waals surface area contributed by atoms with Crippen molar-refractivity contribution in [3.63, 3.8) is 0 Å². The van der Waals surface area contributed by atoms with Crippen molar-refractivity contribution in [1.82, 2.24) is 15.1 Å². The second kappa shape index (κ2) is 8.12. The lowest BCUT2D eigenvalue weighted by atomic mass is 10.0. The molecule has 5 nitrogen and oxygen atoms in total. The van der Waals surface area contributed by atoms with E-state index in [-0.39, 0.29) is 17.9 Å². The molecular weight excluding hydrogens is 370 g/mol. The molecule has 1 N–H and O–H groups in total. The van der Waals surface area contributed by atoms with Crippen LogP contribution in [0.25, 0.3) is 0 Å². The Hall–Kier alpha value is -1.40. The molecule has 0 saturated carbocycles. The Labute approximate surface area is 151 Å². The van der Waals surface area contributed by atoms with Crippen LogP contribution in [-0.2, 0) is 4.79 Å². The summed E-state index contributed by atoms with van der Waals surface area (Å²) in [4.78, 5) is 28.7. The van der Waals surface area contributed by atoms with Crippen molar-refractivity contribution in [2.45, 2.75) is 31.7 Å². The highest BCUT2D eigenvalue weighted by atomic mass is 79.9. The van der Waals surface area contributed by atoms with Gasteiger partial charge in [0, 0.05) is 36.7 Å². The SMILES string of the molecule is O=C(NC1CCN(CC(=O)N2CCCC2)CC1)c1ccccc1Br. The number of piperidine rings is 1. The lowest BCUT2D eigenvalue weighted by molar-refractivity contribution is -0.131. The van der Waals surface area contributed by atoms with Gasteiger partial charge in [0.25, 0.3) is 5.91 Å². The largest absolute Gasteiger partial charge is 0.349 e. The maximum Gasteiger partial charge on any atom is 0.252 e. The van der Waals surface area contributed by atoms with Gasteiger partial charge in [0.15, 0.2) is 0 Å². The number of halogens is 1. The lowest BCUT2D eigenvalue weighted by Gasteiger charge is -2.32. The van der Waals surface area contributed by atoms with E-state index in [0.29, 0.717) is 12.1 Å². The Morgan fingerprint density at radius 3 is 2.42 bits per heavy atom. The fraction of sp³-hybridized carbons (Fsp3) is 0.556. The standard InChI is InChI=1S/C18H24BrN3O2/c19-16-6-2-1-5-15(16)18(24)20-14-7-11-21(12-8-14)13-17(23)22-9-3-4-10-22/h1-2,5-6,14H,3-4,7-13H2,(H,20,24). The maximum atomic E-state index is 12.4. The summed E-state index contributed by atoms with van der Waals surface area (Å²) in [6, 6.07) is 7.65. The molecule has 0 aliphatic carbocycles. The fourth-order valence-electron chi connectivity index (χ4n) is 3.40. The van der Waals surface area contributed by atoms with Crippen molar-refractivity contribution in [2.24, 2.45) is 0 Å². The van der Waals surface area contributed by atoms with Crippen LogP contribution in [0.5, 0.6) is 0 Å². The third kappa shape index (κ3) is 4.36. The first-order valence-electron chi connectivity index (χ1n) is 8.69. The minimum atomic E-state index is -0.0333. The maximum absolute atomic E-state index is 12.4. The van der Waals surface area contributed by atoms with Crippen LogP contribution < -0.4 is 5.32 Å². The molecule has 0 unspecified atom stereocenters. The third-order valence-electron chi connectivity index (χ3n) is 4.86. The van der Waals surface area contributed by atoms with Gasteiger partial charge in [0.2, 0.25) is 5.91 Å². The van der Waals surface area contributed by atoms with Crippen LogP contribution in [0, 0.1) is 0 Å². The highest BCUT2D eigenvalue weighted by Gasteiger charge is 2.25. The Balaban J connectivity index is 1.44. The Bertz CT molecular complexity index is 594. The summed E-state index contributed by atoms with van der Waals surface area (Å²) in [6.45, 7) is 4.07. The number of hydrogen-bond donors (Lipinski definition) is 1. The number of rotatable bonds is 4. The van der Waals surface area contributed by atoms with Crippen molar-refractivity contribution >= 4 is 27.7 Å². The van der Waals surface area contributed by atoms with Crippen LogP contribution in [0.2, 0.25) is 0 Å². The molecule has 0 atom stereocenters. The molecule has 6 heteroatoms. The Kier molecular flexibility index (Phi) is 5.89. The van der Waals surface area contributed by atoms with Crippen molar-refractivity contribution in [3.8, 4) is 0 Å². The van der Waals surface area contributed by atoms with E-state index in [1.165, 1.54) is 0 Å². The number of benzene rings is 1. The molecule has 1 aromatic rings. The molecule has 0 spiro atoms. The number of amides is 2. The summed E-state index contributed by atoms with van der Waals surface area (Å²) >= 11 is 3.42. The number of hydrogen-bond acceptors (Lipinski definition) is 3. The van der Waals surface area contributed by atoms with Gasteiger partial charge in [-0.2, -0.15) is 0 Å². The second-order valence-electron chi connectivity index (χ2n) is 6.59. The van der Waals surface area contributed by atoms with Crippen LogP contribution in [-0.4, -0.2) is 60.4 Å². The van der Waals surface area contributed by atoms with E-state index in [1.807, 2.05) is 29.2 Å². The molecule has 2 aliphatic heterocycles. The molecular formula is C18H24BrN3O2. The molecule has 1 aromatic carbocycles. The number of nitrogens with zero attached hydrogens (tertiary/aromatic N) is 2. The molecule has 2 amide bonds. The summed E-state index contributed by atoms with van der Waals surface area (Å²) in [5.41, 5.74) is 0.671. The van der Waals surface area contributed by atoms with Crippen molar-refractivity contribution in [1.29, 1.82) is 0 Å². The highest BCUT2D eigenvalue weighted by molar-refractivity contribution is 9.10. The first-order chi connectivity index (χ1) is 11.6. The van der Waals surface area contributed by atoms with Crippen LogP contribution in [0.4, 0.5) is 0 Å². The summed E-state index contributed by atoms with van der Waals surface area (Å²) in [5.74, 6) is 0.220. The predicted molar refractivity (Wildman–Crippen MR) is 96.9 cm³/mol. The van der Waals surface area contributed by atoms with E-state index >= 15 is 0 Å². The van der Waals surface area contributed by atoms with Crippen molar-refractivity contribution in [2.75, 3.05) is 32.7 Å². The van der Waals surface area contributed by atoms with Gasteiger partial charge >= 0.3 is 0 Å². The second-order valence-corrected chi connectivity index (χ2v) is 7.45. The monoisotopic (exact) mass is 393 g/mol. The quantitative estimate of drug-likeness (QED) is 0.853. The average molecular weight is 394 g/mol. The predicted octanol–water partition coefficient (Wildman–Crippen LogP) is 2.27. The van der Waals surface area contributed by atoms with Gasteiger partial charge < -0.3 is 10.2 Å². The third-order valence-corrected chi connectivity index (χ3v) is 5.55. The lowest BCUT2D eigenvalue weighted by Crippen LogP contribution is -2.47.